The molecule has 0 radical (unpaired) electrons. The van der Waals surface area contributed by atoms with E-state index in [2.05, 4.69) is 15.0 Å². The summed E-state index contributed by atoms with van der Waals surface area (Å²) in [7, 11) is 1.91. The number of hydrogen-bond donors (Lipinski definition) is 3. The van der Waals surface area contributed by atoms with Gasteiger partial charge in [-0.05, 0) is 14.0 Å². The summed E-state index contributed by atoms with van der Waals surface area (Å²) < 4.78 is 13.0. The number of aliphatic hydroxyl groups is 2. The van der Waals surface area contributed by atoms with Crippen molar-refractivity contribution in [2.75, 3.05) is 33.3 Å². The molecule has 148 valence electrons. The predicted molar refractivity (Wildman–Crippen MR) is 98.1 cm³/mol. The maximum absolute atomic E-state index is 10.5. The third-order valence-corrected chi connectivity index (χ3v) is 4.43. The van der Waals surface area contributed by atoms with Gasteiger partial charge in [-0.2, -0.15) is 4.98 Å². The van der Waals surface area contributed by atoms with Gasteiger partial charge in [0, 0.05) is 19.6 Å². The Morgan fingerprint density at radius 3 is 2.85 bits per heavy atom. The average Bonchev–Trinajstić information content (AvgIpc) is 3.19. The number of likely N-dealkylation sites (N-methyl/N-ethyl adjacent to an activating group) is 1. The van der Waals surface area contributed by atoms with Gasteiger partial charge in [0.25, 0.3) is 0 Å². The molecular weight excluding hydrogens is 352 g/mol. The molecule has 27 heavy (non-hydrogen) atoms. The van der Waals surface area contributed by atoms with Gasteiger partial charge >= 0.3 is 0 Å². The quantitative estimate of drug-likeness (QED) is 0.510. The Kier molecular flexibility index (Phi) is 6.34. The van der Waals surface area contributed by atoms with Crippen LogP contribution < -0.4 is 10.5 Å². The van der Waals surface area contributed by atoms with Crippen LogP contribution >= 0.6 is 0 Å². The van der Waals surface area contributed by atoms with Gasteiger partial charge in [-0.3, -0.25) is 4.57 Å². The molecule has 3 rings (SSSR count). The summed E-state index contributed by atoms with van der Waals surface area (Å²) in [5, 5.41) is 20.9. The average molecular weight is 378 g/mol. The van der Waals surface area contributed by atoms with Crippen molar-refractivity contribution in [1.82, 2.24) is 24.4 Å². The fourth-order valence-electron chi connectivity index (χ4n) is 3.10. The molecule has 1 saturated heterocycles. The molecule has 2 aromatic heterocycles. The van der Waals surface area contributed by atoms with Gasteiger partial charge in [0.15, 0.2) is 17.4 Å². The second-order valence-corrected chi connectivity index (χ2v) is 6.41. The highest BCUT2D eigenvalue weighted by Gasteiger charge is 2.44. The molecule has 0 saturated carbocycles. The smallest absolute Gasteiger partial charge is 0.245 e. The minimum atomic E-state index is -1.11. The lowest BCUT2D eigenvalue weighted by atomic mass is 10.1. The Bertz CT molecular complexity index is 782. The Morgan fingerprint density at radius 2 is 2.11 bits per heavy atom. The van der Waals surface area contributed by atoms with Crippen LogP contribution in [0.4, 0.5) is 0 Å². The summed E-state index contributed by atoms with van der Waals surface area (Å²) in [6, 6.07) is 0. The molecule has 0 unspecified atom stereocenters. The summed E-state index contributed by atoms with van der Waals surface area (Å²) in [6.45, 7) is 3.91. The topological polar surface area (TPSA) is 132 Å². The highest BCUT2D eigenvalue weighted by Crippen LogP contribution is 2.32. The van der Waals surface area contributed by atoms with Crippen molar-refractivity contribution in [3.63, 3.8) is 0 Å². The van der Waals surface area contributed by atoms with Gasteiger partial charge in [-0.15, -0.1) is 0 Å². The second kappa shape index (κ2) is 8.72. The molecule has 0 bridgehead atoms. The van der Waals surface area contributed by atoms with Crippen LogP contribution in [0.2, 0.25) is 0 Å². The number of aliphatic hydroxyl groups excluding tert-OH is 2. The molecule has 0 spiro atoms. The van der Waals surface area contributed by atoms with Crippen LogP contribution in [0.25, 0.3) is 11.2 Å². The molecule has 4 N–H and O–H groups in total. The van der Waals surface area contributed by atoms with E-state index in [1.807, 2.05) is 31.0 Å². The van der Waals surface area contributed by atoms with Crippen LogP contribution in [0.3, 0.4) is 0 Å². The van der Waals surface area contributed by atoms with Crippen molar-refractivity contribution in [2.45, 2.75) is 31.5 Å². The zero-order valence-electron chi connectivity index (χ0n) is 15.5. The number of fused-ring (bicyclic) bond motifs is 1. The minimum Gasteiger partial charge on any atom is -0.476 e. The molecular formula is C17H26N6O4. The SMILES string of the molecule is CCOc1ncnc2c1ncn2[C@@H]1O[C@H](CN(C)C/C=C\CN)[C@@H](O)[C@H]1O. The lowest BCUT2D eigenvalue weighted by Crippen LogP contribution is -2.38. The third kappa shape index (κ3) is 4.09. The molecule has 1 aliphatic heterocycles. The van der Waals surface area contributed by atoms with Gasteiger partial charge in [0.2, 0.25) is 5.88 Å². The number of nitrogens with two attached hydrogens (primary N) is 1. The van der Waals surface area contributed by atoms with E-state index in [-0.39, 0.29) is 0 Å². The summed E-state index contributed by atoms with van der Waals surface area (Å²) in [5.41, 5.74) is 6.39. The molecule has 10 nitrogen and oxygen atoms in total. The number of hydrogen-bond acceptors (Lipinski definition) is 9. The number of ether oxygens (including phenoxy) is 2. The lowest BCUT2D eigenvalue weighted by Gasteiger charge is -2.21. The minimum absolute atomic E-state index is 0.372. The van der Waals surface area contributed by atoms with E-state index in [1.165, 1.54) is 12.7 Å². The predicted octanol–water partition coefficient (Wildman–Crippen LogP) is -0.709. The molecule has 1 fully saturated rings. The zero-order chi connectivity index (χ0) is 19.4. The first-order valence-electron chi connectivity index (χ1n) is 8.92. The number of aromatic nitrogens is 4. The van der Waals surface area contributed by atoms with Gasteiger partial charge < -0.3 is 30.3 Å². The number of imidazole rings is 1. The Labute approximate surface area is 157 Å². The number of rotatable bonds is 8. The second-order valence-electron chi connectivity index (χ2n) is 6.41. The van der Waals surface area contributed by atoms with Crippen LogP contribution in [0.15, 0.2) is 24.8 Å². The molecule has 2 aromatic rings. The highest BCUT2D eigenvalue weighted by molar-refractivity contribution is 5.76. The lowest BCUT2D eigenvalue weighted by molar-refractivity contribution is -0.0414. The van der Waals surface area contributed by atoms with Crippen LogP contribution in [0.1, 0.15) is 13.2 Å². The maximum Gasteiger partial charge on any atom is 0.245 e. The summed E-state index contributed by atoms with van der Waals surface area (Å²) >= 11 is 0. The van der Waals surface area contributed by atoms with Gasteiger partial charge in [-0.1, -0.05) is 12.2 Å². The first kappa shape index (κ1) is 19.6. The van der Waals surface area contributed by atoms with Crippen molar-refractivity contribution < 1.29 is 19.7 Å². The van der Waals surface area contributed by atoms with E-state index >= 15 is 0 Å². The molecule has 1 aliphatic rings. The highest BCUT2D eigenvalue weighted by atomic mass is 16.6. The standard InChI is InChI=1S/C17H26N6O4/c1-3-26-16-12-15(19-9-20-16)23(10-21-12)17-14(25)13(24)11(27-17)8-22(2)7-5-4-6-18/h4-5,9-11,13-14,17,24-25H,3,6-8,18H2,1-2H3/b5-4-/t11-,13-,14-,17-/m1/s1. The Morgan fingerprint density at radius 1 is 1.30 bits per heavy atom. The molecule has 0 aromatic carbocycles. The van der Waals surface area contributed by atoms with Gasteiger partial charge in [0.05, 0.1) is 12.9 Å². The number of nitrogens with zero attached hydrogens (tertiary/aromatic N) is 5. The first-order chi connectivity index (χ1) is 13.1. The van der Waals surface area contributed by atoms with Crippen LogP contribution in [-0.2, 0) is 4.74 Å². The van der Waals surface area contributed by atoms with Crippen LogP contribution in [0.5, 0.6) is 5.88 Å². The monoisotopic (exact) mass is 378 g/mol. The first-order valence-corrected chi connectivity index (χ1v) is 8.92. The Balaban J connectivity index is 1.77. The summed E-state index contributed by atoms with van der Waals surface area (Å²) in [4.78, 5) is 14.6. The van der Waals surface area contributed by atoms with E-state index in [9.17, 15) is 10.2 Å². The van der Waals surface area contributed by atoms with Crippen molar-refractivity contribution in [2.24, 2.45) is 5.73 Å². The molecule has 3 heterocycles. The van der Waals surface area contributed by atoms with E-state index in [0.717, 1.165) is 0 Å². The van der Waals surface area contributed by atoms with E-state index in [1.54, 1.807) is 4.57 Å². The third-order valence-electron chi connectivity index (χ3n) is 4.43. The van der Waals surface area contributed by atoms with Crippen LogP contribution in [-0.4, -0.2) is 86.2 Å². The van der Waals surface area contributed by atoms with Crippen molar-refractivity contribution in [3.8, 4) is 5.88 Å². The Hall–Kier alpha value is -2.11. The largest absolute Gasteiger partial charge is 0.476 e. The van der Waals surface area contributed by atoms with Crippen molar-refractivity contribution >= 4 is 11.2 Å². The fourth-order valence-corrected chi connectivity index (χ4v) is 3.10. The summed E-state index contributed by atoms with van der Waals surface area (Å²) in [6.07, 6.45) is 3.22. The molecule has 4 atom stereocenters. The zero-order valence-corrected chi connectivity index (χ0v) is 15.5. The molecule has 0 aliphatic carbocycles. The molecule has 10 heteroatoms. The van der Waals surface area contributed by atoms with Gasteiger partial charge in [-0.25, -0.2) is 9.97 Å². The fraction of sp³-hybridized carbons (Fsp3) is 0.588. The van der Waals surface area contributed by atoms with Crippen molar-refractivity contribution in [1.29, 1.82) is 0 Å². The maximum atomic E-state index is 10.5. The normalized spacial score (nSPS) is 25.9. The summed E-state index contributed by atoms with van der Waals surface area (Å²) in [5.74, 6) is 0.372. The van der Waals surface area contributed by atoms with Gasteiger partial charge in [0.1, 0.15) is 24.6 Å². The van der Waals surface area contributed by atoms with E-state index in [0.29, 0.717) is 43.3 Å². The van der Waals surface area contributed by atoms with E-state index in [4.69, 9.17) is 15.2 Å². The van der Waals surface area contributed by atoms with Crippen molar-refractivity contribution in [3.05, 3.63) is 24.8 Å². The van der Waals surface area contributed by atoms with Crippen LogP contribution in [0, 0.1) is 0 Å². The molecule has 0 amide bonds. The van der Waals surface area contributed by atoms with E-state index < -0.39 is 24.5 Å².